The molecule has 0 saturated carbocycles. The average molecular weight is 454 g/mol. The van der Waals surface area contributed by atoms with E-state index in [2.05, 4.69) is 16.8 Å². The van der Waals surface area contributed by atoms with Crippen molar-refractivity contribution >= 4 is 34.9 Å². The summed E-state index contributed by atoms with van der Waals surface area (Å²) >= 11 is 2.83. The molecule has 1 saturated heterocycles. The molecular weight excluding hydrogens is 430 g/mol. The van der Waals surface area contributed by atoms with Gasteiger partial charge in [-0.3, -0.25) is 14.2 Å². The fraction of sp³-hybridized carbons (Fsp3) is 0.273. The molecule has 0 aliphatic carbocycles. The van der Waals surface area contributed by atoms with Crippen molar-refractivity contribution in [3.63, 3.8) is 0 Å². The summed E-state index contributed by atoms with van der Waals surface area (Å²) in [5.41, 5.74) is 0.974. The fourth-order valence-electron chi connectivity index (χ4n) is 3.42. The molecule has 1 aromatic carbocycles. The third kappa shape index (κ3) is 4.88. The van der Waals surface area contributed by atoms with Gasteiger partial charge in [-0.1, -0.05) is 54.2 Å². The van der Waals surface area contributed by atoms with Crippen LogP contribution in [0, 0.1) is 0 Å². The first-order chi connectivity index (χ1) is 15.2. The first kappa shape index (κ1) is 21.3. The summed E-state index contributed by atoms with van der Waals surface area (Å²) in [4.78, 5) is 29.6. The number of hydrogen-bond donors (Lipinski definition) is 0. The minimum atomic E-state index is 0.0439. The van der Waals surface area contributed by atoms with Crippen molar-refractivity contribution in [1.29, 1.82) is 0 Å². The summed E-state index contributed by atoms with van der Waals surface area (Å²) in [5, 5.41) is 11.2. The SMILES string of the molecule is C=CCn1c(SCC(=O)N2CCN(C(=O)c3cccs3)CC2)nnc1-c1ccccc1. The second kappa shape index (κ2) is 9.93. The Kier molecular flexibility index (Phi) is 6.83. The molecule has 160 valence electrons. The molecule has 4 rings (SSSR count). The van der Waals surface area contributed by atoms with Gasteiger partial charge in [0.25, 0.3) is 5.91 Å². The maximum Gasteiger partial charge on any atom is 0.264 e. The van der Waals surface area contributed by atoms with Crippen LogP contribution in [-0.2, 0) is 11.3 Å². The molecule has 0 radical (unpaired) electrons. The molecule has 1 fully saturated rings. The molecule has 0 spiro atoms. The Morgan fingerprint density at radius 3 is 2.45 bits per heavy atom. The molecule has 3 aromatic rings. The number of nitrogens with zero attached hydrogens (tertiary/aromatic N) is 5. The highest BCUT2D eigenvalue weighted by molar-refractivity contribution is 7.99. The van der Waals surface area contributed by atoms with Crippen molar-refractivity contribution in [2.24, 2.45) is 0 Å². The monoisotopic (exact) mass is 453 g/mol. The van der Waals surface area contributed by atoms with E-state index in [1.54, 1.807) is 6.08 Å². The largest absolute Gasteiger partial charge is 0.338 e. The van der Waals surface area contributed by atoms with Crippen LogP contribution < -0.4 is 0 Å². The zero-order chi connectivity index (χ0) is 21.6. The number of amides is 2. The molecule has 9 heteroatoms. The van der Waals surface area contributed by atoms with Crippen LogP contribution in [0.5, 0.6) is 0 Å². The number of carbonyl (C=O) groups excluding carboxylic acids is 2. The van der Waals surface area contributed by atoms with E-state index in [0.29, 0.717) is 37.9 Å². The van der Waals surface area contributed by atoms with Crippen LogP contribution in [0.2, 0.25) is 0 Å². The van der Waals surface area contributed by atoms with E-state index in [0.717, 1.165) is 16.3 Å². The minimum absolute atomic E-state index is 0.0439. The van der Waals surface area contributed by atoms with E-state index < -0.39 is 0 Å². The van der Waals surface area contributed by atoms with E-state index in [-0.39, 0.29) is 17.6 Å². The van der Waals surface area contributed by atoms with Gasteiger partial charge in [0.15, 0.2) is 11.0 Å². The van der Waals surface area contributed by atoms with Crippen LogP contribution >= 0.6 is 23.1 Å². The molecule has 7 nitrogen and oxygen atoms in total. The maximum absolute atomic E-state index is 12.7. The Balaban J connectivity index is 1.35. The molecule has 0 bridgehead atoms. The second-order valence-corrected chi connectivity index (χ2v) is 8.90. The van der Waals surface area contributed by atoms with Crippen LogP contribution in [0.3, 0.4) is 0 Å². The van der Waals surface area contributed by atoms with Crippen LogP contribution in [0.25, 0.3) is 11.4 Å². The summed E-state index contributed by atoms with van der Waals surface area (Å²) in [5.74, 6) is 1.13. The summed E-state index contributed by atoms with van der Waals surface area (Å²) in [7, 11) is 0. The maximum atomic E-state index is 12.7. The average Bonchev–Trinajstić information content (AvgIpc) is 3.49. The van der Waals surface area contributed by atoms with Gasteiger partial charge in [0, 0.05) is 38.3 Å². The molecule has 3 heterocycles. The van der Waals surface area contributed by atoms with Crippen LogP contribution in [0.1, 0.15) is 9.67 Å². The number of benzene rings is 1. The zero-order valence-electron chi connectivity index (χ0n) is 17.0. The van der Waals surface area contributed by atoms with Crippen molar-refractivity contribution < 1.29 is 9.59 Å². The van der Waals surface area contributed by atoms with E-state index in [1.165, 1.54) is 23.1 Å². The van der Waals surface area contributed by atoms with Crippen molar-refractivity contribution in [2.45, 2.75) is 11.7 Å². The Hall–Kier alpha value is -2.91. The van der Waals surface area contributed by atoms with Gasteiger partial charge in [-0.2, -0.15) is 0 Å². The molecule has 0 unspecified atom stereocenters. The van der Waals surface area contributed by atoms with E-state index in [9.17, 15) is 9.59 Å². The highest BCUT2D eigenvalue weighted by atomic mass is 32.2. The van der Waals surface area contributed by atoms with E-state index in [1.807, 2.05) is 62.2 Å². The van der Waals surface area contributed by atoms with E-state index in [4.69, 9.17) is 0 Å². The lowest BCUT2D eigenvalue weighted by Gasteiger charge is -2.34. The van der Waals surface area contributed by atoms with Crippen molar-refractivity contribution in [2.75, 3.05) is 31.9 Å². The smallest absolute Gasteiger partial charge is 0.264 e. The first-order valence-electron chi connectivity index (χ1n) is 10.00. The predicted octanol–water partition coefficient (Wildman–Crippen LogP) is 3.27. The highest BCUT2D eigenvalue weighted by Crippen LogP contribution is 2.24. The minimum Gasteiger partial charge on any atom is -0.338 e. The third-order valence-corrected chi connectivity index (χ3v) is 6.85. The van der Waals surface area contributed by atoms with Gasteiger partial charge in [0.05, 0.1) is 10.6 Å². The van der Waals surface area contributed by atoms with Crippen LogP contribution in [0.4, 0.5) is 0 Å². The number of thiophene rings is 1. The van der Waals surface area contributed by atoms with E-state index >= 15 is 0 Å². The molecule has 2 aromatic heterocycles. The fourth-order valence-corrected chi connectivity index (χ4v) is 4.96. The third-order valence-electron chi connectivity index (χ3n) is 5.04. The highest BCUT2D eigenvalue weighted by Gasteiger charge is 2.25. The summed E-state index contributed by atoms with van der Waals surface area (Å²) in [6.07, 6.45) is 1.80. The summed E-state index contributed by atoms with van der Waals surface area (Å²) in [6.45, 7) is 6.59. The summed E-state index contributed by atoms with van der Waals surface area (Å²) < 4.78 is 1.97. The Morgan fingerprint density at radius 1 is 1.03 bits per heavy atom. The molecule has 0 atom stereocenters. The van der Waals surface area contributed by atoms with Gasteiger partial charge in [-0.15, -0.1) is 28.1 Å². The van der Waals surface area contributed by atoms with Gasteiger partial charge in [0.1, 0.15) is 0 Å². The van der Waals surface area contributed by atoms with Crippen LogP contribution in [0.15, 0.2) is 65.7 Å². The molecule has 31 heavy (non-hydrogen) atoms. The molecule has 1 aliphatic heterocycles. The number of aromatic nitrogens is 3. The Labute approximate surface area is 189 Å². The predicted molar refractivity (Wildman–Crippen MR) is 123 cm³/mol. The Bertz CT molecular complexity index is 1040. The molecule has 1 aliphatic rings. The topological polar surface area (TPSA) is 71.3 Å². The Morgan fingerprint density at radius 2 is 1.77 bits per heavy atom. The van der Waals surface area contributed by atoms with Gasteiger partial charge in [0.2, 0.25) is 5.91 Å². The lowest BCUT2D eigenvalue weighted by Crippen LogP contribution is -2.51. The summed E-state index contributed by atoms with van der Waals surface area (Å²) in [6, 6.07) is 13.6. The lowest BCUT2D eigenvalue weighted by molar-refractivity contribution is -0.129. The van der Waals surface area contributed by atoms with Gasteiger partial charge < -0.3 is 9.80 Å². The molecule has 0 N–H and O–H groups in total. The molecule has 2 amide bonds. The number of allylic oxidation sites excluding steroid dienone is 1. The standard InChI is InChI=1S/C22H23N5O2S2/c1-2-10-27-20(17-7-4-3-5-8-17)23-24-22(27)31-16-19(28)25-11-13-26(14-12-25)21(29)18-9-6-15-30-18/h2-9,15H,1,10-14,16H2. The quantitative estimate of drug-likeness (QED) is 0.406. The molecular formula is C22H23N5O2S2. The van der Waals surface area contributed by atoms with Crippen molar-refractivity contribution in [1.82, 2.24) is 24.6 Å². The number of carbonyl (C=O) groups is 2. The zero-order valence-corrected chi connectivity index (χ0v) is 18.6. The van der Waals surface area contributed by atoms with Crippen molar-refractivity contribution in [3.8, 4) is 11.4 Å². The van der Waals surface area contributed by atoms with Crippen molar-refractivity contribution in [3.05, 3.63) is 65.4 Å². The van der Waals surface area contributed by atoms with Gasteiger partial charge in [-0.05, 0) is 11.4 Å². The number of rotatable bonds is 7. The van der Waals surface area contributed by atoms with Crippen LogP contribution in [-0.4, -0.2) is 68.3 Å². The lowest BCUT2D eigenvalue weighted by atomic mass is 10.2. The van der Waals surface area contributed by atoms with Gasteiger partial charge in [-0.25, -0.2) is 0 Å². The number of thioether (sulfide) groups is 1. The number of piperazine rings is 1. The van der Waals surface area contributed by atoms with Gasteiger partial charge >= 0.3 is 0 Å². The second-order valence-electron chi connectivity index (χ2n) is 7.01. The first-order valence-corrected chi connectivity index (χ1v) is 11.9. The number of hydrogen-bond acceptors (Lipinski definition) is 6. The normalized spacial score (nSPS) is 13.9.